The summed E-state index contributed by atoms with van der Waals surface area (Å²) in [5.74, 6) is -5.62. The first kappa shape index (κ1) is 22.8. The van der Waals surface area contributed by atoms with Crippen LogP contribution in [0.5, 0.6) is 0 Å². The van der Waals surface area contributed by atoms with Gasteiger partial charge >= 0.3 is 5.97 Å². The van der Waals surface area contributed by atoms with Crippen LogP contribution >= 0.6 is 0 Å². The molecular formula is C23H21F4N3O3. The molecule has 1 atom stereocenters. The Morgan fingerprint density at radius 3 is 2.61 bits per heavy atom. The molecule has 2 N–H and O–H groups in total. The number of rotatable bonds is 6. The average molecular weight is 463 g/mol. The zero-order chi connectivity index (χ0) is 23.9. The molecule has 1 unspecified atom stereocenters. The van der Waals surface area contributed by atoms with Crippen molar-refractivity contribution in [3.8, 4) is 5.69 Å². The molecule has 4 rings (SSSR count). The van der Waals surface area contributed by atoms with Crippen molar-refractivity contribution >= 4 is 22.6 Å². The molecule has 2 aromatic carbocycles. The van der Waals surface area contributed by atoms with Crippen LogP contribution in [-0.4, -0.2) is 41.8 Å². The summed E-state index contributed by atoms with van der Waals surface area (Å²) in [5, 5.41) is 12.1. The molecule has 1 fully saturated rings. The summed E-state index contributed by atoms with van der Waals surface area (Å²) in [6.45, 7) is 4.13. The minimum absolute atomic E-state index is 0.158. The molecule has 1 saturated heterocycles. The molecule has 174 valence electrons. The van der Waals surface area contributed by atoms with Gasteiger partial charge in [-0.3, -0.25) is 4.79 Å². The van der Waals surface area contributed by atoms with Crippen molar-refractivity contribution in [1.29, 1.82) is 0 Å². The van der Waals surface area contributed by atoms with Gasteiger partial charge in [0.15, 0.2) is 5.82 Å². The molecule has 0 saturated carbocycles. The highest BCUT2D eigenvalue weighted by Gasteiger charge is 2.30. The fourth-order valence-electron chi connectivity index (χ4n) is 4.26. The molecule has 0 radical (unpaired) electrons. The Labute approximate surface area is 186 Å². The molecule has 0 bridgehead atoms. The third-order valence-electron chi connectivity index (χ3n) is 5.84. The van der Waals surface area contributed by atoms with Gasteiger partial charge < -0.3 is 19.9 Å². The Morgan fingerprint density at radius 2 is 1.94 bits per heavy atom. The van der Waals surface area contributed by atoms with Gasteiger partial charge in [-0.2, -0.15) is 0 Å². The molecule has 33 heavy (non-hydrogen) atoms. The number of nitrogens with one attached hydrogen (secondary N) is 1. The SMILES string of the molecule is CCNCC1CCN(c2c(F)cc3c(=O)c(C(=O)O)cn(-c4ccc(F)cc4F)c3c2F)C1. The predicted molar refractivity (Wildman–Crippen MR) is 115 cm³/mol. The second-order valence-electron chi connectivity index (χ2n) is 7.97. The van der Waals surface area contributed by atoms with E-state index in [0.717, 1.165) is 35.5 Å². The first-order chi connectivity index (χ1) is 15.7. The summed E-state index contributed by atoms with van der Waals surface area (Å²) in [6.07, 6.45) is 1.47. The zero-order valence-corrected chi connectivity index (χ0v) is 17.7. The number of aromatic carboxylic acids is 1. The van der Waals surface area contributed by atoms with Gasteiger partial charge in [0.2, 0.25) is 5.43 Å². The van der Waals surface area contributed by atoms with Crippen molar-refractivity contribution in [2.45, 2.75) is 13.3 Å². The first-order valence-corrected chi connectivity index (χ1v) is 10.4. The molecule has 10 heteroatoms. The van der Waals surface area contributed by atoms with E-state index in [2.05, 4.69) is 5.32 Å². The lowest BCUT2D eigenvalue weighted by atomic mass is 10.1. The van der Waals surface area contributed by atoms with Crippen LogP contribution in [0.4, 0.5) is 23.2 Å². The van der Waals surface area contributed by atoms with Gasteiger partial charge in [0.05, 0.1) is 16.6 Å². The van der Waals surface area contributed by atoms with E-state index in [1.54, 1.807) is 0 Å². The number of pyridine rings is 1. The topological polar surface area (TPSA) is 74.6 Å². The Balaban J connectivity index is 1.97. The van der Waals surface area contributed by atoms with Crippen LogP contribution in [0.15, 0.2) is 35.3 Å². The van der Waals surface area contributed by atoms with Gasteiger partial charge in [0, 0.05) is 25.4 Å². The van der Waals surface area contributed by atoms with Crippen molar-refractivity contribution in [1.82, 2.24) is 9.88 Å². The van der Waals surface area contributed by atoms with Crippen LogP contribution < -0.4 is 15.6 Å². The highest BCUT2D eigenvalue weighted by Crippen LogP contribution is 2.34. The van der Waals surface area contributed by atoms with Gasteiger partial charge in [0.25, 0.3) is 0 Å². The molecule has 0 spiro atoms. The van der Waals surface area contributed by atoms with Crippen LogP contribution in [0.25, 0.3) is 16.6 Å². The molecule has 6 nitrogen and oxygen atoms in total. The summed E-state index contributed by atoms with van der Waals surface area (Å²) in [7, 11) is 0. The summed E-state index contributed by atoms with van der Waals surface area (Å²) in [5.41, 5.74) is -3.15. The average Bonchev–Trinajstić information content (AvgIpc) is 3.21. The largest absolute Gasteiger partial charge is 0.477 e. The minimum atomic E-state index is -1.64. The zero-order valence-electron chi connectivity index (χ0n) is 17.7. The second kappa shape index (κ2) is 8.86. The normalized spacial score (nSPS) is 16.0. The number of benzene rings is 2. The predicted octanol–water partition coefficient (Wildman–Crippen LogP) is 3.68. The maximum atomic E-state index is 15.8. The summed E-state index contributed by atoms with van der Waals surface area (Å²) >= 11 is 0. The number of hydrogen-bond acceptors (Lipinski definition) is 4. The molecule has 2 heterocycles. The van der Waals surface area contributed by atoms with E-state index in [0.29, 0.717) is 32.1 Å². The monoisotopic (exact) mass is 463 g/mol. The smallest absolute Gasteiger partial charge is 0.341 e. The lowest BCUT2D eigenvalue weighted by molar-refractivity contribution is 0.0695. The van der Waals surface area contributed by atoms with Gasteiger partial charge in [-0.15, -0.1) is 0 Å². The van der Waals surface area contributed by atoms with E-state index in [1.165, 1.54) is 4.90 Å². The fraction of sp³-hybridized carbons (Fsp3) is 0.304. The summed E-state index contributed by atoms with van der Waals surface area (Å²) in [6, 6.07) is 3.23. The number of halogens is 4. The Morgan fingerprint density at radius 1 is 1.18 bits per heavy atom. The van der Waals surface area contributed by atoms with Crippen molar-refractivity contribution in [3.05, 3.63) is 69.5 Å². The highest BCUT2D eigenvalue weighted by atomic mass is 19.1. The van der Waals surface area contributed by atoms with Gasteiger partial charge in [-0.05, 0) is 43.6 Å². The van der Waals surface area contributed by atoms with Crippen LogP contribution in [0.1, 0.15) is 23.7 Å². The van der Waals surface area contributed by atoms with E-state index in [9.17, 15) is 23.5 Å². The number of carboxylic acids is 1. The van der Waals surface area contributed by atoms with Crippen molar-refractivity contribution < 1.29 is 27.5 Å². The standard InChI is InChI=1S/C23H21F4N3O3/c1-2-28-9-12-5-6-29(10-12)21-17(26)8-14-20(19(21)27)30(11-15(22(14)31)23(32)33)18-4-3-13(24)7-16(18)25/h3-4,7-8,11-12,28H,2,5-6,9-10H2,1H3,(H,32,33). The highest BCUT2D eigenvalue weighted by molar-refractivity contribution is 5.94. The number of aromatic nitrogens is 1. The number of carbonyl (C=O) groups is 1. The van der Waals surface area contributed by atoms with E-state index in [1.807, 2.05) is 6.92 Å². The third kappa shape index (κ3) is 4.06. The van der Waals surface area contributed by atoms with Crippen LogP contribution in [0.3, 0.4) is 0 Å². The molecule has 1 aliphatic rings. The lowest BCUT2D eigenvalue weighted by Crippen LogP contribution is -2.28. The third-order valence-corrected chi connectivity index (χ3v) is 5.84. The quantitative estimate of drug-likeness (QED) is 0.546. The number of nitrogens with zero attached hydrogens (tertiary/aromatic N) is 2. The van der Waals surface area contributed by atoms with Crippen molar-refractivity contribution in [2.24, 2.45) is 5.92 Å². The van der Waals surface area contributed by atoms with E-state index >= 15 is 8.78 Å². The Bertz CT molecular complexity index is 1310. The van der Waals surface area contributed by atoms with Gasteiger partial charge in [-0.25, -0.2) is 22.4 Å². The van der Waals surface area contributed by atoms with Gasteiger partial charge in [-0.1, -0.05) is 6.92 Å². The summed E-state index contributed by atoms with van der Waals surface area (Å²) < 4.78 is 59.7. The van der Waals surface area contributed by atoms with E-state index in [4.69, 9.17) is 0 Å². The van der Waals surface area contributed by atoms with E-state index < -0.39 is 51.1 Å². The Hall–Kier alpha value is -3.40. The fourth-order valence-corrected chi connectivity index (χ4v) is 4.26. The lowest BCUT2D eigenvalue weighted by Gasteiger charge is -2.23. The number of fused-ring (bicyclic) bond motifs is 1. The molecular weight excluding hydrogens is 442 g/mol. The molecule has 1 aliphatic heterocycles. The van der Waals surface area contributed by atoms with Crippen LogP contribution in [-0.2, 0) is 0 Å². The molecule has 3 aromatic rings. The first-order valence-electron chi connectivity index (χ1n) is 10.4. The van der Waals surface area contributed by atoms with Gasteiger partial charge in [0.1, 0.15) is 28.7 Å². The van der Waals surface area contributed by atoms with E-state index in [-0.39, 0.29) is 17.3 Å². The maximum absolute atomic E-state index is 15.8. The van der Waals surface area contributed by atoms with Crippen molar-refractivity contribution in [3.63, 3.8) is 0 Å². The summed E-state index contributed by atoms with van der Waals surface area (Å²) in [4.78, 5) is 25.8. The van der Waals surface area contributed by atoms with Crippen molar-refractivity contribution in [2.75, 3.05) is 31.1 Å². The van der Waals surface area contributed by atoms with Crippen LogP contribution in [0, 0.1) is 29.2 Å². The Kier molecular flexibility index (Phi) is 6.11. The van der Waals surface area contributed by atoms with Crippen LogP contribution in [0.2, 0.25) is 0 Å². The number of anilines is 1. The minimum Gasteiger partial charge on any atom is -0.477 e. The number of carboxylic acid groups (broad SMARTS) is 1. The second-order valence-corrected chi connectivity index (χ2v) is 7.97. The molecule has 0 amide bonds. The molecule has 1 aromatic heterocycles. The molecule has 0 aliphatic carbocycles. The number of hydrogen-bond donors (Lipinski definition) is 2. The maximum Gasteiger partial charge on any atom is 0.341 e.